The molecule has 0 aliphatic carbocycles. The van der Waals surface area contributed by atoms with Gasteiger partial charge in [0.2, 0.25) is 0 Å². The highest BCUT2D eigenvalue weighted by atomic mass is 15.3. The summed E-state index contributed by atoms with van der Waals surface area (Å²) in [5, 5.41) is 7.97. The van der Waals surface area contributed by atoms with Crippen LogP contribution >= 0.6 is 0 Å². The molecule has 17 heavy (non-hydrogen) atoms. The normalized spacial score (nSPS) is 18.5. The van der Waals surface area contributed by atoms with Gasteiger partial charge in [-0.05, 0) is 39.4 Å². The van der Waals surface area contributed by atoms with Gasteiger partial charge in [-0.15, -0.1) is 0 Å². The third-order valence-corrected chi connectivity index (χ3v) is 3.55. The zero-order valence-electron chi connectivity index (χ0n) is 11.0. The van der Waals surface area contributed by atoms with E-state index in [0.29, 0.717) is 6.04 Å². The SMILES string of the molecule is CCc1nn(C)c(NC2CCN(C)CC2)c1N. The van der Waals surface area contributed by atoms with Crippen molar-refractivity contribution in [2.45, 2.75) is 32.2 Å². The minimum Gasteiger partial charge on any atom is -0.394 e. The van der Waals surface area contributed by atoms with Gasteiger partial charge in [-0.3, -0.25) is 4.68 Å². The zero-order chi connectivity index (χ0) is 12.4. The molecule has 0 atom stereocenters. The molecule has 1 aromatic rings. The number of rotatable bonds is 3. The van der Waals surface area contributed by atoms with E-state index in [-0.39, 0.29) is 0 Å². The van der Waals surface area contributed by atoms with Crippen molar-refractivity contribution in [2.75, 3.05) is 31.2 Å². The highest BCUT2D eigenvalue weighted by molar-refractivity contribution is 5.65. The summed E-state index contributed by atoms with van der Waals surface area (Å²) in [4.78, 5) is 2.36. The van der Waals surface area contributed by atoms with Crippen LogP contribution in [0.15, 0.2) is 0 Å². The molecule has 0 radical (unpaired) electrons. The number of nitrogens with zero attached hydrogens (tertiary/aromatic N) is 3. The molecule has 0 amide bonds. The van der Waals surface area contributed by atoms with E-state index in [4.69, 9.17) is 5.73 Å². The van der Waals surface area contributed by atoms with Crippen LogP contribution in [-0.2, 0) is 13.5 Å². The first-order chi connectivity index (χ1) is 8.11. The van der Waals surface area contributed by atoms with Crippen LogP contribution in [0, 0.1) is 0 Å². The van der Waals surface area contributed by atoms with Crippen LogP contribution in [0.2, 0.25) is 0 Å². The number of piperidine rings is 1. The van der Waals surface area contributed by atoms with Crippen LogP contribution in [0.1, 0.15) is 25.5 Å². The molecule has 0 aromatic carbocycles. The Morgan fingerprint density at radius 3 is 2.53 bits per heavy atom. The van der Waals surface area contributed by atoms with E-state index in [1.165, 1.54) is 12.8 Å². The first kappa shape index (κ1) is 12.2. The van der Waals surface area contributed by atoms with Crippen LogP contribution in [0.25, 0.3) is 0 Å². The van der Waals surface area contributed by atoms with Gasteiger partial charge in [0.25, 0.3) is 0 Å². The van der Waals surface area contributed by atoms with Gasteiger partial charge in [-0.25, -0.2) is 0 Å². The largest absolute Gasteiger partial charge is 0.394 e. The van der Waals surface area contributed by atoms with E-state index in [2.05, 4.69) is 29.3 Å². The molecule has 0 unspecified atom stereocenters. The van der Waals surface area contributed by atoms with E-state index in [0.717, 1.165) is 36.7 Å². The Balaban J connectivity index is 2.05. The summed E-state index contributed by atoms with van der Waals surface area (Å²) in [7, 11) is 4.12. The number of likely N-dealkylation sites (tertiary alicyclic amines) is 1. The molecular formula is C12H23N5. The standard InChI is InChI=1S/C12H23N5/c1-4-10-11(13)12(17(3)15-10)14-9-5-7-16(2)8-6-9/h9,14H,4-8,13H2,1-3H3. The Bertz CT molecular complexity index is 376. The molecule has 0 saturated carbocycles. The first-order valence-corrected chi connectivity index (χ1v) is 6.38. The van der Waals surface area contributed by atoms with Crippen LogP contribution in [0.4, 0.5) is 11.5 Å². The monoisotopic (exact) mass is 237 g/mol. The van der Waals surface area contributed by atoms with Crippen LogP contribution in [0.5, 0.6) is 0 Å². The van der Waals surface area contributed by atoms with Crippen molar-refractivity contribution < 1.29 is 0 Å². The molecule has 1 saturated heterocycles. The number of hydrogen-bond donors (Lipinski definition) is 2. The van der Waals surface area contributed by atoms with Crippen molar-refractivity contribution in [3.63, 3.8) is 0 Å². The molecule has 0 bridgehead atoms. The molecule has 1 aromatic heterocycles. The highest BCUT2D eigenvalue weighted by Crippen LogP contribution is 2.24. The Morgan fingerprint density at radius 1 is 1.35 bits per heavy atom. The predicted octanol–water partition coefficient (Wildman–Crippen LogP) is 1.07. The minimum absolute atomic E-state index is 0.522. The Hall–Kier alpha value is -1.23. The Morgan fingerprint density at radius 2 is 2.00 bits per heavy atom. The molecule has 5 heteroatoms. The van der Waals surface area contributed by atoms with Crippen LogP contribution in [0.3, 0.4) is 0 Å². The second kappa shape index (κ2) is 4.96. The molecular weight excluding hydrogens is 214 g/mol. The number of nitrogens with two attached hydrogens (primary N) is 1. The zero-order valence-corrected chi connectivity index (χ0v) is 11.0. The lowest BCUT2D eigenvalue weighted by atomic mass is 10.1. The van der Waals surface area contributed by atoms with Gasteiger partial charge in [-0.2, -0.15) is 5.10 Å². The third-order valence-electron chi connectivity index (χ3n) is 3.55. The van der Waals surface area contributed by atoms with Gasteiger partial charge < -0.3 is 16.0 Å². The lowest BCUT2D eigenvalue weighted by Crippen LogP contribution is -2.37. The number of nitrogens with one attached hydrogen (secondary N) is 1. The molecule has 1 aliphatic rings. The smallest absolute Gasteiger partial charge is 0.147 e. The number of aryl methyl sites for hydroxylation is 2. The second-order valence-corrected chi connectivity index (χ2v) is 4.91. The van der Waals surface area contributed by atoms with Crippen molar-refractivity contribution in [2.24, 2.45) is 7.05 Å². The van der Waals surface area contributed by atoms with Gasteiger partial charge in [0.15, 0.2) is 0 Å². The van der Waals surface area contributed by atoms with Crippen LogP contribution in [-0.4, -0.2) is 40.9 Å². The number of anilines is 2. The number of nitrogen functional groups attached to an aromatic ring is 1. The van der Waals surface area contributed by atoms with Crippen molar-refractivity contribution in [3.05, 3.63) is 5.69 Å². The summed E-state index contributed by atoms with van der Waals surface area (Å²) >= 11 is 0. The van der Waals surface area contributed by atoms with Crippen molar-refractivity contribution >= 4 is 11.5 Å². The maximum Gasteiger partial charge on any atom is 0.147 e. The average Bonchev–Trinajstić information content (AvgIpc) is 2.59. The molecule has 2 heterocycles. The Labute approximate surface area is 103 Å². The molecule has 1 aliphatic heterocycles. The fourth-order valence-corrected chi connectivity index (χ4v) is 2.37. The van der Waals surface area contributed by atoms with Crippen molar-refractivity contribution in [3.8, 4) is 0 Å². The van der Waals surface area contributed by atoms with Crippen molar-refractivity contribution in [1.29, 1.82) is 0 Å². The molecule has 1 fully saturated rings. The average molecular weight is 237 g/mol. The van der Waals surface area contributed by atoms with Crippen LogP contribution < -0.4 is 11.1 Å². The van der Waals surface area contributed by atoms with E-state index in [1.807, 2.05) is 11.7 Å². The number of hydrogen-bond acceptors (Lipinski definition) is 4. The topological polar surface area (TPSA) is 59.1 Å². The van der Waals surface area contributed by atoms with Crippen molar-refractivity contribution in [1.82, 2.24) is 14.7 Å². The van der Waals surface area contributed by atoms with E-state index < -0.39 is 0 Å². The second-order valence-electron chi connectivity index (χ2n) is 4.91. The molecule has 3 N–H and O–H groups in total. The summed E-state index contributed by atoms with van der Waals surface area (Å²) in [6, 6.07) is 0.522. The summed E-state index contributed by atoms with van der Waals surface area (Å²) in [5.41, 5.74) is 7.91. The molecule has 96 valence electrons. The lowest BCUT2D eigenvalue weighted by Gasteiger charge is -2.30. The summed E-state index contributed by atoms with van der Waals surface area (Å²) in [6.07, 6.45) is 3.22. The summed E-state index contributed by atoms with van der Waals surface area (Å²) in [6.45, 7) is 4.38. The first-order valence-electron chi connectivity index (χ1n) is 6.38. The minimum atomic E-state index is 0.522. The molecule has 2 rings (SSSR count). The summed E-state index contributed by atoms with van der Waals surface area (Å²) in [5.74, 6) is 0.983. The van der Waals surface area contributed by atoms with E-state index >= 15 is 0 Å². The molecule has 5 nitrogen and oxygen atoms in total. The van der Waals surface area contributed by atoms with Gasteiger partial charge in [0, 0.05) is 13.1 Å². The van der Waals surface area contributed by atoms with Gasteiger partial charge >= 0.3 is 0 Å². The Kier molecular flexibility index (Phi) is 3.57. The van der Waals surface area contributed by atoms with Gasteiger partial charge in [-0.1, -0.05) is 6.92 Å². The van der Waals surface area contributed by atoms with E-state index in [1.54, 1.807) is 0 Å². The van der Waals surface area contributed by atoms with E-state index in [9.17, 15) is 0 Å². The maximum atomic E-state index is 6.10. The van der Waals surface area contributed by atoms with Gasteiger partial charge in [0.05, 0.1) is 11.4 Å². The summed E-state index contributed by atoms with van der Waals surface area (Å²) < 4.78 is 1.87. The number of aromatic nitrogens is 2. The fourth-order valence-electron chi connectivity index (χ4n) is 2.37. The highest BCUT2D eigenvalue weighted by Gasteiger charge is 2.19. The van der Waals surface area contributed by atoms with Gasteiger partial charge in [0.1, 0.15) is 5.82 Å². The maximum absolute atomic E-state index is 6.10. The predicted molar refractivity (Wildman–Crippen MR) is 71.1 cm³/mol. The lowest BCUT2D eigenvalue weighted by molar-refractivity contribution is 0.263. The molecule has 0 spiro atoms. The fraction of sp³-hybridized carbons (Fsp3) is 0.750. The quantitative estimate of drug-likeness (QED) is 0.825. The third kappa shape index (κ3) is 2.54.